The summed E-state index contributed by atoms with van der Waals surface area (Å²) in [6, 6.07) is 18.2. The standard InChI is InChI=1S/C24H27FN3O3P/c1-3-31-32(25,30)23-11-6-18-16-20(5-4-19(18)17-23)24(29)28-14-12-27(13-15-28)22-9-7-21(26-2)8-10-22/h4-11,16-17,26H,3,12-15H2,1-2H3. The molecule has 1 fully saturated rings. The molecule has 0 spiro atoms. The minimum Gasteiger partial charge on any atom is -0.388 e. The number of amides is 1. The number of nitrogens with zero attached hydrogens (tertiary/aromatic N) is 2. The zero-order valence-electron chi connectivity index (χ0n) is 18.3. The third kappa shape index (κ3) is 4.64. The Balaban J connectivity index is 1.45. The predicted molar refractivity (Wildman–Crippen MR) is 128 cm³/mol. The average molecular weight is 455 g/mol. The lowest BCUT2D eigenvalue weighted by Crippen LogP contribution is -2.48. The molecule has 1 aliphatic heterocycles. The summed E-state index contributed by atoms with van der Waals surface area (Å²) in [7, 11) is -2.43. The molecule has 0 aromatic heterocycles. The first-order valence-corrected chi connectivity index (χ1v) is 12.2. The third-order valence-corrected chi connectivity index (χ3v) is 7.25. The van der Waals surface area contributed by atoms with Crippen LogP contribution in [-0.2, 0) is 9.09 Å². The van der Waals surface area contributed by atoms with E-state index in [2.05, 4.69) is 22.3 Å². The second-order valence-corrected chi connectivity index (χ2v) is 9.45. The number of rotatable bonds is 6. The number of anilines is 2. The second kappa shape index (κ2) is 9.31. The molecule has 3 aromatic carbocycles. The molecule has 1 N–H and O–H groups in total. The monoisotopic (exact) mass is 455 g/mol. The molecule has 168 valence electrons. The topological polar surface area (TPSA) is 61.9 Å². The quantitative estimate of drug-likeness (QED) is 0.548. The van der Waals surface area contributed by atoms with Gasteiger partial charge in [0.25, 0.3) is 5.91 Å². The third-order valence-electron chi connectivity index (χ3n) is 5.76. The number of nitrogens with one attached hydrogen (secondary N) is 1. The highest BCUT2D eigenvalue weighted by Gasteiger charge is 2.25. The molecule has 32 heavy (non-hydrogen) atoms. The van der Waals surface area contributed by atoms with Crippen LogP contribution in [0.3, 0.4) is 0 Å². The van der Waals surface area contributed by atoms with Gasteiger partial charge in [0.05, 0.1) is 11.9 Å². The zero-order valence-corrected chi connectivity index (χ0v) is 19.1. The lowest BCUT2D eigenvalue weighted by atomic mass is 10.1. The van der Waals surface area contributed by atoms with Crippen molar-refractivity contribution in [1.82, 2.24) is 4.90 Å². The first-order valence-electron chi connectivity index (χ1n) is 10.7. The Kier molecular flexibility index (Phi) is 6.49. The molecule has 0 bridgehead atoms. The molecule has 1 unspecified atom stereocenters. The van der Waals surface area contributed by atoms with Gasteiger partial charge in [-0.1, -0.05) is 12.1 Å². The molecule has 8 heteroatoms. The van der Waals surface area contributed by atoms with E-state index in [1.54, 1.807) is 31.2 Å². The molecular weight excluding hydrogens is 428 g/mol. The molecular formula is C24H27FN3O3P. The number of piperazine rings is 1. The van der Waals surface area contributed by atoms with Crippen LogP contribution in [0.2, 0.25) is 0 Å². The van der Waals surface area contributed by atoms with Crippen LogP contribution in [0.4, 0.5) is 15.6 Å². The first kappa shape index (κ1) is 22.3. The van der Waals surface area contributed by atoms with Crippen molar-refractivity contribution in [3.63, 3.8) is 0 Å². The van der Waals surface area contributed by atoms with Gasteiger partial charge in [-0.05, 0) is 66.2 Å². The van der Waals surface area contributed by atoms with Crippen LogP contribution in [0.25, 0.3) is 10.8 Å². The van der Waals surface area contributed by atoms with Crippen LogP contribution in [0.5, 0.6) is 0 Å². The number of benzene rings is 3. The number of halogens is 1. The van der Waals surface area contributed by atoms with Crippen molar-refractivity contribution in [2.24, 2.45) is 0 Å². The fraction of sp³-hybridized carbons (Fsp3) is 0.292. The Morgan fingerprint density at radius 2 is 1.66 bits per heavy atom. The maximum Gasteiger partial charge on any atom is 0.397 e. The van der Waals surface area contributed by atoms with Crippen LogP contribution in [0, 0.1) is 0 Å². The lowest BCUT2D eigenvalue weighted by Gasteiger charge is -2.36. The Morgan fingerprint density at radius 1 is 1.00 bits per heavy atom. The summed E-state index contributed by atoms with van der Waals surface area (Å²) in [5, 5.41) is 4.65. The van der Waals surface area contributed by atoms with E-state index in [1.807, 2.05) is 24.1 Å². The Labute approximate surface area is 187 Å². The number of fused-ring (bicyclic) bond motifs is 1. The van der Waals surface area contributed by atoms with Crippen LogP contribution >= 0.6 is 7.68 Å². The molecule has 3 aromatic rings. The number of carbonyl (C=O) groups is 1. The van der Waals surface area contributed by atoms with E-state index in [4.69, 9.17) is 4.52 Å². The molecule has 6 nitrogen and oxygen atoms in total. The van der Waals surface area contributed by atoms with Gasteiger partial charge in [0.15, 0.2) is 0 Å². The van der Waals surface area contributed by atoms with Crippen molar-refractivity contribution in [1.29, 1.82) is 0 Å². The van der Waals surface area contributed by atoms with Crippen molar-refractivity contribution in [2.45, 2.75) is 6.92 Å². The Bertz CT molecular complexity index is 1160. The highest BCUT2D eigenvalue weighted by Crippen LogP contribution is 2.47. The minimum atomic E-state index is -4.32. The maximum atomic E-state index is 14.3. The van der Waals surface area contributed by atoms with E-state index < -0.39 is 7.68 Å². The summed E-state index contributed by atoms with van der Waals surface area (Å²) >= 11 is 0. The fourth-order valence-corrected chi connectivity index (χ4v) is 4.99. The number of hydrogen-bond donors (Lipinski definition) is 1. The van der Waals surface area contributed by atoms with Crippen LogP contribution in [-0.4, -0.2) is 50.6 Å². The van der Waals surface area contributed by atoms with Gasteiger partial charge in [0.2, 0.25) is 0 Å². The van der Waals surface area contributed by atoms with E-state index in [9.17, 15) is 13.6 Å². The van der Waals surface area contributed by atoms with Gasteiger partial charge >= 0.3 is 7.68 Å². The SMILES string of the molecule is CCOP(=O)(F)c1ccc2cc(C(=O)N3CCN(c4ccc(NC)cc4)CC3)ccc2c1. The summed E-state index contributed by atoms with van der Waals surface area (Å²) in [5.41, 5.74) is 2.80. The summed E-state index contributed by atoms with van der Waals surface area (Å²) in [6.07, 6.45) is 0. The van der Waals surface area contributed by atoms with E-state index in [1.165, 1.54) is 12.1 Å². The Hall–Kier alpha value is -2.89. The van der Waals surface area contributed by atoms with Gasteiger partial charge < -0.3 is 19.6 Å². The van der Waals surface area contributed by atoms with Crippen LogP contribution in [0.1, 0.15) is 17.3 Å². The van der Waals surface area contributed by atoms with Crippen molar-refractivity contribution < 1.29 is 18.1 Å². The first-order chi connectivity index (χ1) is 15.4. The fourth-order valence-electron chi connectivity index (χ4n) is 3.96. The van der Waals surface area contributed by atoms with Crippen molar-refractivity contribution >= 4 is 41.0 Å². The van der Waals surface area contributed by atoms with E-state index in [-0.39, 0.29) is 17.8 Å². The van der Waals surface area contributed by atoms with E-state index in [0.717, 1.165) is 29.9 Å². The molecule has 1 atom stereocenters. The van der Waals surface area contributed by atoms with Gasteiger partial charge in [0.1, 0.15) is 0 Å². The average Bonchev–Trinajstić information content (AvgIpc) is 2.83. The molecule has 4 rings (SSSR count). The van der Waals surface area contributed by atoms with Crippen molar-refractivity contribution in [3.05, 3.63) is 66.2 Å². The van der Waals surface area contributed by atoms with Gasteiger partial charge in [-0.2, -0.15) is 4.20 Å². The van der Waals surface area contributed by atoms with E-state index in [0.29, 0.717) is 24.0 Å². The molecule has 1 aliphatic rings. The van der Waals surface area contributed by atoms with Crippen molar-refractivity contribution in [2.75, 3.05) is 50.1 Å². The summed E-state index contributed by atoms with van der Waals surface area (Å²) in [6.45, 7) is 4.46. The summed E-state index contributed by atoms with van der Waals surface area (Å²) in [5.74, 6) is -0.0216. The molecule has 1 heterocycles. The molecule has 0 radical (unpaired) electrons. The number of carbonyl (C=O) groups excluding carboxylic acids is 1. The molecule has 1 amide bonds. The molecule has 0 aliphatic carbocycles. The highest BCUT2D eigenvalue weighted by molar-refractivity contribution is 7.61. The van der Waals surface area contributed by atoms with Gasteiger partial charge in [-0.3, -0.25) is 4.79 Å². The smallest absolute Gasteiger partial charge is 0.388 e. The van der Waals surface area contributed by atoms with E-state index >= 15 is 0 Å². The van der Waals surface area contributed by atoms with Crippen LogP contribution < -0.4 is 15.5 Å². The highest BCUT2D eigenvalue weighted by atomic mass is 31.2. The normalized spacial score (nSPS) is 16.1. The molecule has 0 saturated carbocycles. The van der Waals surface area contributed by atoms with Gasteiger partial charge in [-0.25, -0.2) is 4.57 Å². The Morgan fingerprint density at radius 3 is 2.31 bits per heavy atom. The van der Waals surface area contributed by atoms with Gasteiger partial charge in [-0.15, -0.1) is 0 Å². The second-order valence-electron chi connectivity index (χ2n) is 7.72. The summed E-state index contributed by atoms with van der Waals surface area (Å²) in [4.78, 5) is 17.2. The maximum absolute atomic E-state index is 14.3. The lowest BCUT2D eigenvalue weighted by molar-refractivity contribution is 0.0747. The van der Waals surface area contributed by atoms with Gasteiger partial charge in [0, 0.05) is 50.2 Å². The molecule has 1 saturated heterocycles. The summed E-state index contributed by atoms with van der Waals surface area (Å²) < 4.78 is 31.1. The largest absolute Gasteiger partial charge is 0.397 e. The van der Waals surface area contributed by atoms with Crippen LogP contribution in [0.15, 0.2) is 60.7 Å². The number of hydrogen-bond acceptors (Lipinski definition) is 5. The zero-order chi connectivity index (χ0) is 22.7. The predicted octanol–water partition coefficient (Wildman–Crippen LogP) is 4.67. The minimum absolute atomic E-state index is 0.0216. The van der Waals surface area contributed by atoms with Crippen molar-refractivity contribution in [3.8, 4) is 0 Å².